The molecule has 138 valence electrons. The first kappa shape index (κ1) is 19.1. The molecule has 0 aliphatic carbocycles. The van der Waals surface area contributed by atoms with Gasteiger partial charge in [-0.05, 0) is 36.8 Å². The minimum Gasteiger partial charge on any atom is -0.469 e. The van der Waals surface area contributed by atoms with E-state index in [-0.39, 0.29) is 24.0 Å². The van der Waals surface area contributed by atoms with E-state index in [0.717, 1.165) is 17.3 Å². The number of allylic oxidation sites excluding steroid dienone is 1. The monoisotopic (exact) mass is 401 g/mol. The molecule has 1 aliphatic heterocycles. The van der Waals surface area contributed by atoms with Crippen molar-refractivity contribution in [2.45, 2.75) is 19.3 Å². The molecule has 3 rings (SSSR count). The fourth-order valence-corrected chi connectivity index (χ4v) is 3.78. The topological polar surface area (TPSA) is 95.1 Å². The number of benzene rings is 1. The molecular weight excluding hydrogens is 386 g/mol. The Morgan fingerprint density at radius 2 is 2.26 bits per heavy atom. The highest BCUT2D eigenvalue weighted by atomic mass is 35.5. The molecule has 2 amide bonds. The van der Waals surface area contributed by atoms with Gasteiger partial charge in [0.25, 0.3) is 0 Å². The third-order valence-electron chi connectivity index (χ3n) is 4.13. The van der Waals surface area contributed by atoms with Gasteiger partial charge in [0.1, 0.15) is 5.76 Å². The highest BCUT2D eigenvalue weighted by Gasteiger charge is 2.31. The Morgan fingerprint density at radius 1 is 1.44 bits per heavy atom. The Hall–Kier alpha value is -2.69. The van der Waals surface area contributed by atoms with Crippen LogP contribution in [-0.2, 0) is 9.59 Å². The SMILES string of the molecule is Cc1c(Cl)cccc1NC(=O)CSC1=C(C#N)C(c2ccco2)CC(=O)N1. The van der Waals surface area contributed by atoms with Crippen LogP contribution in [0.25, 0.3) is 0 Å². The third kappa shape index (κ3) is 4.35. The summed E-state index contributed by atoms with van der Waals surface area (Å²) in [5.74, 6) is -0.330. The maximum atomic E-state index is 12.3. The quantitative estimate of drug-likeness (QED) is 0.790. The summed E-state index contributed by atoms with van der Waals surface area (Å²) in [5.41, 5.74) is 1.79. The van der Waals surface area contributed by atoms with E-state index < -0.39 is 5.92 Å². The summed E-state index contributed by atoms with van der Waals surface area (Å²) in [6, 6.07) is 10.8. The van der Waals surface area contributed by atoms with Gasteiger partial charge < -0.3 is 15.1 Å². The Kier molecular flexibility index (Phi) is 5.89. The molecule has 2 aromatic rings. The number of furan rings is 1. The first-order valence-corrected chi connectivity index (χ1v) is 9.51. The first-order valence-electron chi connectivity index (χ1n) is 8.15. The zero-order valence-electron chi connectivity index (χ0n) is 14.4. The molecule has 27 heavy (non-hydrogen) atoms. The lowest BCUT2D eigenvalue weighted by molar-refractivity contribution is -0.121. The Labute approximate surface area is 165 Å². The van der Waals surface area contributed by atoms with E-state index in [2.05, 4.69) is 16.7 Å². The molecule has 8 heteroatoms. The van der Waals surface area contributed by atoms with Gasteiger partial charge >= 0.3 is 0 Å². The molecule has 6 nitrogen and oxygen atoms in total. The van der Waals surface area contributed by atoms with Gasteiger partial charge in [-0.15, -0.1) is 0 Å². The maximum Gasteiger partial charge on any atom is 0.234 e. The van der Waals surface area contributed by atoms with Crippen molar-refractivity contribution < 1.29 is 14.0 Å². The van der Waals surface area contributed by atoms with Crippen LogP contribution >= 0.6 is 23.4 Å². The summed E-state index contributed by atoms with van der Waals surface area (Å²) in [6.45, 7) is 1.82. The third-order valence-corrected chi connectivity index (χ3v) is 5.56. The molecular formula is C19H16ClN3O3S. The number of nitrogens with zero attached hydrogens (tertiary/aromatic N) is 1. The number of hydrogen-bond donors (Lipinski definition) is 2. The van der Waals surface area contributed by atoms with Gasteiger partial charge in [-0.2, -0.15) is 5.26 Å². The zero-order chi connectivity index (χ0) is 19.4. The van der Waals surface area contributed by atoms with Crippen molar-refractivity contribution in [3.05, 3.63) is 63.5 Å². The second kappa shape index (κ2) is 8.33. The summed E-state index contributed by atoms with van der Waals surface area (Å²) in [5, 5.41) is 16.0. The molecule has 0 fully saturated rings. The normalized spacial score (nSPS) is 16.6. The van der Waals surface area contributed by atoms with Crippen molar-refractivity contribution in [2.75, 3.05) is 11.1 Å². The first-order chi connectivity index (χ1) is 13.0. The number of halogens is 1. The van der Waals surface area contributed by atoms with Crippen LogP contribution in [0.2, 0.25) is 5.02 Å². The second-order valence-corrected chi connectivity index (χ2v) is 7.32. The number of rotatable bonds is 5. The summed E-state index contributed by atoms with van der Waals surface area (Å²) >= 11 is 7.17. The smallest absolute Gasteiger partial charge is 0.234 e. The number of thioether (sulfide) groups is 1. The van der Waals surface area contributed by atoms with Crippen LogP contribution in [0.15, 0.2) is 51.6 Å². The molecule has 0 radical (unpaired) electrons. The van der Waals surface area contributed by atoms with E-state index in [1.165, 1.54) is 6.26 Å². The average Bonchev–Trinajstić information content (AvgIpc) is 3.18. The molecule has 2 heterocycles. The molecule has 0 saturated heterocycles. The van der Waals surface area contributed by atoms with Gasteiger partial charge in [-0.3, -0.25) is 9.59 Å². The van der Waals surface area contributed by atoms with Gasteiger partial charge in [0.15, 0.2) is 0 Å². The van der Waals surface area contributed by atoms with Crippen molar-refractivity contribution in [3.8, 4) is 6.07 Å². The highest BCUT2D eigenvalue weighted by Crippen LogP contribution is 2.36. The van der Waals surface area contributed by atoms with Crippen molar-refractivity contribution >= 4 is 40.9 Å². The standard InChI is InChI=1S/C19H16ClN3O3S/c1-11-14(20)4-2-5-15(11)22-18(25)10-27-19-13(9-21)12(8-17(24)23-19)16-6-3-7-26-16/h2-7,12H,8,10H2,1H3,(H,22,25)(H,23,24). The van der Waals surface area contributed by atoms with E-state index in [1.54, 1.807) is 30.3 Å². The molecule has 1 aliphatic rings. The molecule has 0 saturated carbocycles. The molecule has 1 aromatic carbocycles. The molecule has 1 unspecified atom stereocenters. The number of anilines is 1. The van der Waals surface area contributed by atoms with E-state index in [4.69, 9.17) is 16.0 Å². The van der Waals surface area contributed by atoms with E-state index in [0.29, 0.717) is 27.1 Å². The van der Waals surface area contributed by atoms with Gasteiger partial charge in [0.05, 0.1) is 34.6 Å². The largest absolute Gasteiger partial charge is 0.469 e. The minimum atomic E-state index is -0.445. The summed E-state index contributed by atoms with van der Waals surface area (Å²) < 4.78 is 5.36. The van der Waals surface area contributed by atoms with Crippen molar-refractivity contribution in [3.63, 3.8) is 0 Å². The molecule has 1 aromatic heterocycles. The number of nitriles is 1. The fourth-order valence-electron chi connectivity index (χ4n) is 2.73. The van der Waals surface area contributed by atoms with Crippen LogP contribution in [0, 0.1) is 18.3 Å². The van der Waals surface area contributed by atoms with Crippen LogP contribution in [0.1, 0.15) is 23.7 Å². The van der Waals surface area contributed by atoms with Crippen molar-refractivity contribution in [1.82, 2.24) is 5.32 Å². The molecule has 1 atom stereocenters. The van der Waals surface area contributed by atoms with E-state index >= 15 is 0 Å². The van der Waals surface area contributed by atoms with Crippen LogP contribution in [0.4, 0.5) is 5.69 Å². The predicted octanol–water partition coefficient (Wildman–Crippen LogP) is 3.95. The number of carbonyl (C=O) groups is 2. The zero-order valence-corrected chi connectivity index (χ0v) is 16.0. The predicted molar refractivity (Wildman–Crippen MR) is 104 cm³/mol. The number of amides is 2. The molecule has 2 N–H and O–H groups in total. The lowest BCUT2D eigenvalue weighted by atomic mass is 9.92. The molecule has 0 bridgehead atoms. The fraction of sp³-hybridized carbons (Fsp3) is 0.211. The van der Waals surface area contributed by atoms with Crippen LogP contribution in [0.5, 0.6) is 0 Å². The summed E-state index contributed by atoms with van der Waals surface area (Å²) in [4.78, 5) is 24.3. The van der Waals surface area contributed by atoms with Crippen molar-refractivity contribution in [1.29, 1.82) is 5.26 Å². The lowest BCUT2D eigenvalue weighted by Gasteiger charge is -2.23. The van der Waals surface area contributed by atoms with Crippen LogP contribution in [0.3, 0.4) is 0 Å². The highest BCUT2D eigenvalue weighted by molar-refractivity contribution is 8.03. The minimum absolute atomic E-state index is 0.0393. The number of hydrogen-bond acceptors (Lipinski definition) is 5. The van der Waals surface area contributed by atoms with Crippen LogP contribution < -0.4 is 10.6 Å². The van der Waals surface area contributed by atoms with Gasteiger partial charge in [-0.1, -0.05) is 29.4 Å². The number of nitrogens with one attached hydrogen (secondary N) is 2. The van der Waals surface area contributed by atoms with Crippen molar-refractivity contribution in [2.24, 2.45) is 0 Å². The second-order valence-electron chi connectivity index (χ2n) is 5.92. The van der Waals surface area contributed by atoms with Gasteiger partial charge in [-0.25, -0.2) is 0 Å². The summed E-state index contributed by atoms with van der Waals surface area (Å²) in [6.07, 6.45) is 1.64. The Bertz CT molecular complexity index is 948. The van der Waals surface area contributed by atoms with Gasteiger partial charge in [0.2, 0.25) is 11.8 Å². The molecule has 0 spiro atoms. The van der Waals surface area contributed by atoms with Crippen LogP contribution in [-0.4, -0.2) is 17.6 Å². The Balaban J connectivity index is 1.73. The Morgan fingerprint density at radius 3 is 2.96 bits per heavy atom. The average molecular weight is 402 g/mol. The van der Waals surface area contributed by atoms with E-state index in [9.17, 15) is 14.9 Å². The van der Waals surface area contributed by atoms with E-state index in [1.807, 2.05) is 6.92 Å². The summed E-state index contributed by atoms with van der Waals surface area (Å²) in [7, 11) is 0. The maximum absolute atomic E-state index is 12.3. The number of carbonyl (C=O) groups excluding carboxylic acids is 2. The lowest BCUT2D eigenvalue weighted by Crippen LogP contribution is -2.31. The van der Waals surface area contributed by atoms with Gasteiger partial charge in [0, 0.05) is 17.1 Å².